The minimum Gasteiger partial charge on any atom is -0.507 e. The smallest absolute Gasteiger partial charge is 0.295 e. The van der Waals surface area contributed by atoms with Gasteiger partial charge in [-0.05, 0) is 60.1 Å². The Morgan fingerprint density at radius 2 is 1.78 bits per heavy atom. The predicted molar refractivity (Wildman–Crippen MR) is 127 cm³/mol. The third-order valence-electron chi connectivity index (χ3n) is 6.16. The van der Waals surface area contributed by atoms with Crippen molar-refractivity contribution >= 4 is 17.4 Å². The number of carbonyl (C=O) groups excluding carboxylic acids is 2. The molecule has 5 heteroatoms. The summed E-state index contributed by atoms with van der Waals surface area (Å²) in [6.07, 6.45) is 1.62. The Bertz CT molecular complexity index is 1050. The molecule has 1 N–H and O–H groups in total. The van der Waals surface area contributed by atoms with Crippen LogP contribution in [0.5, 0.6) is 5.75 Å². The van der Waals surface area contributed by atoms with Gasteiger partial charge in [0.1, 0.15) is 11.5 Å². The fourth-order valence-electron chi connectivity index (χ4n) is 4.36. The normalized spacial score (nSPS) is 18.0. The van der Waals surface area contributed by atoms with E-state index in [9.17, 15) is 14.7 Å². The number of amides is 1. The number of benzene rings is 2. The first-order chi connectivity index (χ1) is 15.2. The molecule has 0 aliphatic carbocycles. The molecule has 0 aromatic heterocycles. The first kappa shape index (κ1) is 23.6. The van der Waals surface area contributed by atoms with Gasteiger partial charge in [-0.1, -0.05) is 52.0 Å². The second kappa shape index (κ2) is 9.60. The number of ether oxygens (including phenoxy) is 1. The topological polar surface area (TPSA) is 66.8 Å². The highest BCUT2D eigenvalue weighted by Gasteiger charge is 2.45. The van der Waals surface area contributed by atoms with Crippen molar-refractivity contribution in [3.05, 3.63) is 69.8 Å². The van der Waals surface area contributed by atoms with Crippen molar-refractivity contribution in [3.63, 3.8) is 0 Å². The predicted octanol–water partition coefficient (Wildman–Crippen LogP) is 5.52. The first-order valence-corrected chi connectivity index (χ1v) is 11.3. The number of nitrogens with zero attached hydrogens (tertiary/aromatic N) is 1. The maximum atomic E-state index is 13.1. The standard InChI is InChI=1S/C27H33NO4/c1-7-13-28-24(19-11-9-18(8-2)10-12-19)23(26(30)27(28)31)25(29)21-15-20(16(3)4)22(32-6)14-17(21)5/h9-12,14-16,24,29H,7-8,13H2,1-6H3/b25-23+. The summed E-state index contributed by atoms with van der Waals surface area (Å²) >= 11 is 0. The van der Waals surface area contributed by atoms with Gasteiger partial charge >= 0.3 is 0 Å². The summed E-state index contributed by atoms with van der Waals surface area (Å²) in [4.78, 5) is 27.6. The Morgan fingerprint density at radius 1 is 1.12 bits per heavy atom. The average molecular weight is 436 g/mol. The van der Waals surface area contributed by atoms with E-state index in [1.54, 1.807) is 12.0 Å². The number of Topliss-reactive ketones (excluding diaryl/α,β-unsaturated/α-hetero) is 1. The number of ketones is 1. The molecule has 0 saturated carbocycles. The van der Waals surface area contributed by atoms with E-state index in [0.717, 1.165) is 35.3 Å². The summed E-state index contributed by atoms with van der Waals surface area (Å²) in [6.45, 7) is 10.5. The van der Waals surface area contributed by atoms with Crippen molar-refractivity contribution in [1.29, 1.82) is 0 Å². The van der Waals surface area contributed by atoms with Gasteiger partial charge in [0, 0.05) is 12.1 Å². The molecule has 32 heavy (non-hydrogen) atoms. The molecule has 5 nitrogen and oxygen atoms in total. The van der Waals surface area contributed by atoms with E-state index in [2.05, 4.69) is 6.92 Å². The van der Waals surface area contributed by atoms with E-state index in [4.69, 9.17) is 4.74 Å². The van der Waals surface area contributed by atoms with Crippen LogP contribution in [0.4, 0.5) is 0 Å². The fraction of sp³-hybridized carbons (Fsp3) is 0.407. The van der Waals surface area contributed by atoms with Crippen molar-refractivity contribution in [2.45, 2.75) is 59.4 Å². The molecule has 1 amide bonds. The highest BCUT2D eigenvalue weighted by molar-refractivity contribution is 6.46. The van der Waals surface area contributed by atoms with Gasteiger partial charge in [0.05, 0.1) is 18.7 Å². The number of aliphatic hydroxyl groups excluding tert-OH is 1. The monoisotopic (exact) mass is 435 g/mol. The molecule has 0 bridgehead atoms. The van der Waals surface area contributed by atoms with Crippen LogP contribution in [0.15, 0.2) is 42.0 Å². The van der Waals surface area contributed by atoms with Gasteiger partial charge in [0.15, 0.2) is 0 Å². The van der Waals surface area contributed by atoms with E-state index < -0.39 is 17.7 Å². The molecule has 170 valence electrons. The summed E-state index contributed by atoms with van der Waals surface area (Å²) < 4.78 is 5.52. The fourth-order valence-corrected chi connectivity index (χ4v) is 4.36. The van der Waals surface area contributed by atoms with Crippen molar-refractivity contribution in [1.82, 2.24) is 4.90 Å². The largest absolute Gasteiger partial charge is 0.507 e. The molecule has 0 spiro atoms. The molecule has 1 saturated heterocycles. The Labute approximate surface area is 190 Å². The van der Waals surface area contributed by atoms with Gasteiger partial charge < -0.3 is 14.7 Å². The molecule has 1 heterocycles. The highest BCUT2D eigenvalue weighted by Crippen LogP contribution is 2.41. The maximum Gasteiger partial charge on any atom is 0.295 e. The lowest BCUT2D eigenvalue weighted by Crippen LogP contribution is -2.30. The average Bonchev–Trinajstić information content (AvgIpc) is 3.03. The lowest BCUT2D eigenvalue weighted by Gasteiger charge is -2.25. The zero-order valence-electron chi connectivity index (χ0n) is 19.9. The molecule has 1 fully saturated rings. The van der Waals surface area contributed by atoms with Gasteiger partial charge in [-0.3, -0.25) is 9.59 Å². The van der Waals surface area contributed by atoms with Gasteiger partial charge in [0.2, 0.25) is 0 Å². The summed E-state index contributed by atoms with van der Waals surface area (Å²) in [7, 11) is 1.62. The van der Waals surface area contributed by atoms with Crippen molar-refractivity contribution in [2.75, 3.05) is 13.7 Å². The molecule has 0 radical (unpaired) electrons. The summed E-state index contributed by atoms with van der Waals surface area (Å²) in [5.41, 5.74) is 4.42. The molecule has 3 rings (SSSR count). The molecule has 2 aromatic rings. The van der Waals surface area contributed by atoms with Crippen LogP contribution in [-0.4, -0.2) is 35.4 Å². The number of methoxy groups -OCH3 is 1. The van der Waals surface area contributed by atoms with Crippen LogP contribution in [0.25, 0.3) is 5.76 Å². The van der Waals surface area contributed by atoms with Crippen molar-refractivity contribution in [3.8, 4) is 5.75 Å². The second-order valence-electron chi connectivity index (χ2n) is 8.65. The summed E-state index contributed by atoms with van der Waals surface area (Å²) in [5.74, 6) is -0.423. The van der Waals surface area contributed by atoms with E-state index in [1.165, 1.54) is 5.56 Å². The molecule has 2 aromatic carbocycles. The molecular formula is C27H33NO4. The minimum atomic E-state index is -0.637. The number of likely N-dealkylation sites (tertiary alicyclic amines) is 1. The van der Waals surface area contributed by atoms with Crippen LogP contribution < -0.4 is 4.74 Å². The van der Waals surface area contributed by atoms with Crippen LogP contribution in [0, 0.1) is 6.92 Å². The first-order valence-electron chi connectivity index (χ1n) is 11.3. The number of hydrogen-bond acceptors (Lipinski definition) is 4. The molecular weight excluding hydrogens is 402 g/mol. The number of aryl methyl sites for hydroxylation is 2. The number of rotatable bonds is 7. The maximum absolute atomic E-state index is 13.1. The van der Waals surface area contributed by atoms with Crippen LogP contribution in [0.3, 0.4) is 0 Å². The molecule has 1 aliphatic heterocycles. The lowest BCUT2D eigenvalue weighted by atomic mass is 9.90. The Hall–Kier alpha value is -3.08. The minimum absolute atomic E-state index is 0.131. The molecule has 1 atom stereocenters. The van der Waals surface area contributed by atoms with E-state index in [0.29, 0.717) is 12.1 Å². The highest BCUT2D eigenvalue weighted by atomic mass is 16.5. The second-order valence-corrected chi connectivity index (χ2v) is 8.65. The number of hydrogen-bond donors (Lipinski definition) is 1. The van der Waals surface area contributed by atoms with Gasteiger partial charge in [-0.15, -0.1) is 0 Å². The molecule has 1 unspecified atom stereocenters. The number of carbonyl (C=O) groups is 2. The van der Waals surface area contributed by atoms with Gasteiger partial charge in [-0.25, -0.2) is 0 Å². The Kier molecular flexibility index (Phi) is 7.07. The zero-order valence-corrected chi connectivity index (χ0v) is 19.9. The quantitative estimate of drug-likeness (QED) is 0.353. The van der Waals surface area contributed by atoms with E-state index >= 15 is 0 Å². The Morgan fingerprint density at radius 3 is 2.31 bits per heavy atom. The van der Waals surface area contributed by atoms with E-state index in [-0.39, 0.29) is 17.3 Å². The SMILES string of the molecule is CCCN1C(=O)C(=O)/C(=C(/O)c2cc(C(C)C)c(OC)cc2C)C1c1ccc(CC)cc1. The third-order valence-corrected chi connectivity index (χ3v) is 6.16. The van der Waals surface area contributed by atoms with Crippen molar-refractivity contribution in [2.24, 2.45) is 0 Å². The summed E-state index contributed by atoms with van der Waals surface area (Å²) in [6, 6.07) is 11.1. The van der Waals surface area contributed by atoms with Crippen LogP contribution in [0.1, 0.15) is 73.9 Å². The van der Waals surface area contributed by atoms with Crippen LogP contribution in [0.2, 0.25) is 0 Å². The van der Waals surface area contributed by atoms with Crippen molar-refractivity contribution < 1.29 is 19.4 Å². The van der Waals surface area contributed by atoms with Crippen LogP contribution in [-0.2, 0) is 16.0 Å². The third kappa shape index (κ3) is 4.16. The zero-order chi connectivity index (χ0) is 23.6. The molecule has 1 aliphatic rings. The van der Waals surface area contributed by atoms with Gasteiger partial charge in [0.25, 0.3) is 11.7 Å². The lowest BCUT2D eigenvalue weighted by molar-refractivity contribution is -0.139. The van der Waals surface area contributed by atoms with E-state index in [1.807, 2.05) is 64.1 Å². The number of aliphatic hydroxyl groups is 1. The summed E-state index contributed by atoms with van der Waals surface area (Å²) in [5, 5.41) is 11.4. The Balaban J connectivity index is 2.24. The van der Waals surface area contributed by atoms with Gasteiger partial charge in [-0.2, -0.15) is 0 Å². The van der Waals surface area contributed by atoms with Crippen LogP contribution >= 0.6 is 0 Å².